The SMILES string of the molecule is CC(N)C([O])=O. The second kappa shape index (κ2) is 1.77. The summed E-state index contributed by atoms with van der Waals surface area (Å²) in [6.07, 6.45) is 0. The molecule has 6 heavy (non-hydrogen) atoms. The normalized spacial score (nSPS) is 13.7. The van der Waals surface area contributed by atoms with Crippen LogP contribution >= 0.6 is 0 Å². The van der Waals surface area contributed by atoms with E-state index < -0.39 is 12.0 Å². The van der Waals surface area contributed by atoms with Gasteiger partial charge in [0.2, 0.25) is 0 Å². The standard InChI is InChI=1S/C3H6NO2/c1-2(4)3(5)6/h2H,4H2,1H3. The predicted octanol–water partition coefficient (Wildman–Crippen LogP) is -0.709. The Labute approximate surface area is 35.8 Å². The van der Waals surface area contributed by atoms with Crippen LogP contribution in [-0.4, -0.2) is 12.0 Å². The summed E-state index contributed by atoms with van der Waals surface area (Å²) in [7, 11) is 0. The molecule has 3 nitrogen and oxygen atoms in total. The van der Waals surface area contributed by atoms with Gasteiger partial charge in [-0.3, -0.25) is 0 Å². The lowest BCUT2D eigenvalue weighted by molar-refractivity contribution is -0.144. The van der Waals surface area contributed by atoms with Gasteiger partial charge in [0.15, 0.2) is 0 Å². The van der Waals surface area contributed by atoms with Crippen LogP contribution in [0.1, 0.15) is 6.92 Å². The zero-order valence-corrected chi connectivity index (χ0v) is 3.47. The molecule has 0 rings (SSSR count). The van der Waals surface area contributed by atoms with E-state index in [0.717, 1.165) is 0 Å². The van der Waals surface area contributed by atoms with Crippen LogP contribution in [0.3, 0.4) is 0 Å². The Kier molecular flexibility index (Phi) is 1.60. The summed E-state index contributed by atoms with van der Waals surface area (Å²) in [5, 5.41) is 9.46. The third-order valence-corrected chi connectivity index (χ3v) is 0.372. The molecule has 0 amide bonds. The highest BCUT2D eigenvalue weighted by Crippen LogP contribution is 1.69. The largest absolute Gasteiger partial charge is 0.371 e. The maximum Gasteiger partial charge on any atom is 0.371 e. The quantitative estimate of drug-likeness (QED) is 0.460. The third-order valence-electron chi connectivity index (χ3n) is 0.372. The Hall–Kier alpha value is -0.570. The van der Waals surface area contributed by atoms with E-state index in [1.54, 1.807) is 0 Å². The van der Waals surface area contributed by atoms with Crippen molar-refractivity contribution in [1.82, 2.24) is 0 Å². The van der Waals surface area contributed by atoms with Crippen LogP contribution in [0.15, 0.2) is 0 Å². The van der Waals surface area contributed by atoms with E-state index in [1.807, 2.05) is 0 Å². The van der Waals surface area contributed by atoms with Gasteiger partial charge in [0.05, 0.1) is 0 Å². The molecule has 0 fully saturated rings. The maximum absolute atomic E-state index is 9.46. The highest BCUT2D eigenvalue weighted by Gasteiger charge is 2.03. The van der Waals surface area contributed by atoms with E-state index in [-0.39, 0.29) is 0 Å². The molecule has 0 heterocycles. The first-order valence-corrected chi connectivity index (χ1v) is 1.61. The van der Waals surface area contributed by atoms with E-state index in [4.69, 9.17) is 5.73 Å². The minimum Gasteiger partial charge on any atom is -0.319 e. The third kappa shape index (κ3) is 1.72. The van der Waals surface area contributed by atoms with E-state index in [9.17, 15) is 9.90 Å². The summed E-state index contributed by atoms with van der Waals surface area (Å²) < 4.78 is 0. The van der Waals surface area contributed by atoms with Crippen molar-refractivity contribution in [3.05, 3.63) is 0 Å². The summed E-state index contributed by atoms with van der Waals surface area (Å²) in [5.74, 6) is -1.21. The molecule has 0 saturated heterocycles. The Morgan fingerprint density at radius 3 is 2.00 bits per heavy atom. The molecular weight excluding hydrogens is 82.0 g/mol. The van der Waals surface area contributed by atoms with Crippen molar-refractivity contribution in [3.8, 4) is 0 Å². The summed E-state index contributed by atoms with van der Waals surface area (Å²) >= 11 is 0. The van der Waals surface area contributed by atoms with Crippen LogP contribution in [0.25, 0.3) is 0 Å². The summed E-state index contributed by atoms with van der Waals surface area (Å²) in [6, 6.07) is -0.843. The lowest BCUT2D eigenvalue weighted by Crippen LogP contribution is -2.24. The summed E-state index contributed by atoms with van der Waals surface area (Å²) in [4.78, 5) is 9.46. The molecule has 0 bridgehead atoms. The van der Waals surface area contributed by atoms with Crippen molar-refractivity contribution in [1.29, 1.82) is 0 Å². The van der Waals surface area contributed by atoms with Crippen molar-refractivity contribution < 1.29 is 9.90 Å². The van der Waals surface area contributed by atoms with Crippen molar-refractivity contribution in [3.63, 3.8) is 0 Å². The van der Waals surface area contributed by atoms with E-state index in [2.05, 4.69) is 0 Å². The first-order chi connectivity index (χ1) is 2.64. The summed E-state index contributed by atoms with van der Waals surface area (Å²) in [5.41, 5.74) is 4.77. The fourth-order valence-electron chi connectivity index (χ4n) is 0. The lowest BCUT2D eigenvalue weighted by atomic mass is 10.4. The van der Waals surface area contributed by atoms with Gasteiger partial charge in [-0.15, -0.1) is 0 Å². The van der Waals surface area contributed by atoms with Crippen LogP contribution < -0.4 is 5.73 Å². The van der Waals surface area contributed by atoms with Crippen LogP contribution in [0, 0.1) is 0 Å². The second-order valence-electron chi connectivity index (χ2n) is 1.11. The number of carbonyl (C=O) groups excluding carboxylic acids is 1. The molecular formula is C3H6NO2. The lowest BCUT2D eigenvalue weighted by Gasteiger charge is -1.86. The van der Waals surface area contributed by atoms with Gasteiger partial charge in [-0.2, -0.15) is 0 Å². The molecule has 35 valence electrons. The van der Waals surface area contributed by atoms with E-state index in [0.29, 0.717) is 0 Å². The van der Waals surface area contributed by atoms with E-state index in [1.165, 1.54) is 6.92 Å². The van der Waals surface area contributed by atoms with Gasteiger partial charge in [-0.25, -0.2) is 9.90 Å². The first kappa shape index (κ1) is 5.43. The van der Waals surface area contributed by atoms with Gasteiger partial charge < -0.3 is 5.73 Å². The van der Waals surface area contributed by atoms with Crippen molar-refractivity contribution in [2.24, 2.45) is 5.73 Å². The van der Waals surface area contributed by atoms with Crippen molar-refractivity contribution >= 4 is 5.97 Å². The fourth-order valence-corrected chi connectivity index (χ4v) is 0. The minimum atomic E-state index is -1.21. The van der Waals surface area contributed by atoms with Crippen LogP contribution in [0.4, 0.5) is 0 Å². The number of carbonyl (C=O) groups is 1. The molecule has 0 aliphatic carbocycles. The minimum absolute atomic E-state index is 0.843. The molecule has 1 radical (unpaired) electrons. The zero-order valence-electron chi connectivity index (χ0n) is 3.47. The molecule has 0 aromatic carbocycles. The number of hydrogen-bond acceptors (Lipinski definition) is 2. The Morgan fingerprint density at radius 2 is 2.00 bits per heavy atom. The van der Waals surface area contributed by atoms with Gasteiger partial charge >= 0.3 is 5.97 Å². The smallest absolute Gasteiger partial charge is 0.319 e. The molecule has 3 heteroatoms. The van der Waals surface area contributed by atoms with Crippen LogP contribution in [0.2, 0.25) is 0 Å². The van der Waals surface area contributed by atoms with Crippen molar-refractivity contribution in [2.75, 3.05) is 0 Å². The van der Waals surface area contributed by atoms with Gasteiger partial charge in [-0.05, 0) is 6.92 Å². The number of hydrogen-bond donors (Lipinski definition) is 1. The average Bonchev–Trinajstić information content (AvgIpc) is 1.36. The first-order valence-electron chi connectivity index (χ1n) is 1.61. The monoisotopic (exact) mass is 88.0 g/mol. The number of rotatable bonds is 1. The highest BCUT2D eigenvalue weighted by atomic mass is 16.4. The molecule has 0 aromatic rings. The summed E-state index contributed by atoms with van der Waals surface area (Å²) in [6.45, 7) is 1.36. The van der Waals surface area contributed by atoms with Gasteiger partial charge in [0.25, 0.3) is 0 Å². The Morgan fingerprint density at radius 1 is 1.83 bits per heavy atom. The topological polar surface area (TPSA) is 63.0 Å². The van der Waals surface area contributed by atoms with Gasteiger partial charge in [-0.1, -0.05) is 0 Å². The van der Waals surface area contributed by atoms with Crippen molar-refractivity contribution in [2.45, 2.75) is 13.0 Å². The number of nitrogens with two attached hydrogens (primary N) is 1. The molecule has 0 saturated carbocycles. The molecule has 0 spiro atoms. The van der Waals surface area contributed by atoms with E-state index >= 15 is 0 Å². The molecule has 0 aromatic heterocycles. The molecule has 1 unspecified atom stereocenters. The second-order valence-corrected chi connectivity index (χ2v) is 1.11. The Bertz CT molecular complexity index is 59.8. The fraction of sp³-hybridized carbons (Fsp3) is 0.667. The van der Waals surface area contributed by atoms with Gasteiger partial charge in [0, 0.05) is 0 Å². The van der Waals surface area contributed by atoms with Crippen LogP contribution in [0.5, 0.6) is 0 Å². The Balaban J connectivity index is 3.26. The molecule has 1 atom stereocenters. The molecule has 0 aliphatic rings. The molecule has 0 aliphatic heterocycles. The maximum atomic E-state index is 9.46. The van der Waals surface area contributed by atoms with Gasteiger partial charge in [0.1, 0.15) is 6.04 Å². The highest BCUT2D eigenvalue weighted by molar-refractivity contribution is 5.71. The zero-order chi connectivity index (χ0) is 5.15. The molecule has 2 N–H and O–H groups in total. The average molecular weight is 88.1 g/mol. The predicted molar refractivity (Wildman–Crippen MR) is 19.3 cm³/mol. The van der Waals surface area contributed by atoms with Crippen LogP contribution in [-0.2, 0) is 9.90 Å².